The fourth-order valence-electron chi connectivity index (χ4n) is 2.02. The standard InChI is InChI=1S/C15H13BrCl2FN/c1-8-3-10(16)5-11(4-8)20-9(2)12-6-15(19)14(18)7-13(12)17/h3-7,9,20H,1-2H3. The summed E-state index contributed by atoms with van der Waals surface area (Å²) in [5.41, 5.74) is 2.74. The Kier molecular flexibility index (Phi) is 4.95. The van der Waals surface area contributed by atoms with Crippen LogP contribution < -0.4 is 5.32 Å². The number of benzene rings is 2. The Balaban J connectivity index is 2.28. The van der Waals surface area contributed by atoms with E-state index in [1.807, 2.05) is 32.0 Å². The van der Waals surface area contributed by atoms with Gasteiger partial charge in [-0.25, -0.2) is 4.39 Å². The van der Waals surface area contributed by atoms with Crippen LogP contribution in [0.2, 0.25) is 10.0 Å². The van der Waals surface area contributed by atoms with Crippen molar-refractivity contribution >= 4 is 44.8 Å². The van der Waals surface area contributed by atoms with E-state index in [-0.39, 0.29) is 11.1 Å². The van der Waals surface area contributed by atoms with Gasteiger partial charge in [-0.05, 0) is 55.3 Å². The Morgan fingerprint density at radius 3 is 2.45 bits per heavy atom. The molecule has 2 rings (SSSR count). The van der Waals surface area contributed by atoms with Gasteiger partial charge in [-0.2, -0.15) is 0 Å². The molecule has 5 heteroatoms. The number of halogens is 4. The monoisotopic (exact) mass is 375 g/mol. The Labute approximate surface area is 136 Å². The molecule has 0 spiro atoms. The third kappa shape index (κ3) is 3.66. The maximum atomic E-state index is 13.6. The number of nitrogens with one attached hydrogen (secondary N) is 1. The summed E-state index contributed by atoms with van der Waals surface area (Å²) >= 11 is 15.3. The van der Waals surface area contributed by atoms with Crippen molar-refractivity contribution < 1.29 is 4.39 Å². The molecule has 0 aliphatic carbocycles. The van der Waals surface area contributed by atoms with Crippen molar-refractivity contribution in [1.82, 2.24) is 0 Å². The van der Waals surface area contributed by atoms with E-state index in [2.05, 4.69) is 21.2 Å². The van der Waals surface area contributed by atoms with Gasteiger partial charge in [0, 0.05) is 15.2 Å². The molecular weight excluding hydrogens is 364 g/mol. The van der Waals surface area contributed by atoms with Gasteiger partial charge >= 0.3 is 0 Å². The Morgan fingerprint density at radius 1 is 1.10 bits per heavy atom. The molecule has 0 bridgehead atoms. The molecule has 1 N–H and O–H groups in total. The second-order valence-corrected chi connectivity index (χ2v) is 6.40. The molecule has 1 nitrogen and oxygen atoms in total. The van der Waals surface area contributed by atoms with Crippen molar-refractivity contribution in [3.05, 3.63) is 61.8 Å². The fourth-order valence-corrected chi connectivity index (χ4v) is 3.17. The van der Waals surface area contributed by atoms with E-state index in [1.54, 1.807) is 0 Å². The number of anilines is 1. The molecule has 1 unspecified atom stereocenters. The molecule has 0 aliphatic rings. The maximum Gasteiger partial charge on any atom is 0.142 e. The molecule has 2 aromatic carbocycles. The highest BCUT2D eigenvalue weighted by Crippen LogP contribution is 2.31. The van der Waals surface area contributed by atoms with Crippen LogP contribution in [0.1, 0.15) is 24.1 Å². The quantitative estimate of drug-likeness (QED) is 0.613. The second kappa shape index (κ2) is 6.33. The van der Waals surface area contributed by atoms with E-state index in [0.29, 0.717) is 10.6 Å². The predicted molar refractivity (Wildman–Crippen MR) is 87.3 cm³/mol. The molecule has 2 aromatic rings. The van der Waals surface area contributed by atoms with Gasteiger partial charge in [-0.1, -0.05) is 39.1 Å². The average Bonchev–Trinajstić information content (AvgIpc) is 2.32. The highest BCUT2D eigenvalue weighted by atomic mass is 79.9. The van der Waals surface area contributed by atoms with Crippen molar-refractivity contribution in [2.24, 2.45) is 0 Å². The first kappa shape index (κ1) is 15.6. The minimum absolute atomic E-state index is 0.0317. The van der Waals surface area contributed by atoms with E-state index in [4.69, 9.17) is 23.2 Å². The fraction of sp³-hybridized carbons (Fsp3) is 0.200. The van der Waals surface area contributed by atoms with Gasteiger partial charge in [-0.3, -0.25) is 0 Å². The molecule has 1 atom stereocenters. The number of aryl methyl sites for hydroxylation is 1. The maximum absolute atomic E-state index is 13.6. The van der Waals surface area contributed by atoms with Crippen molar-refractivity contribution in [3.63, 3.8) is 0 Å². The average molecular weight is 377 g/mol. The highest BCUT2D eigenvalue weighted by molar-refractivity contribution is 9.10. The summed E-state index contributed by atoms with van der Waals surface area (Å²) < 4.78 is 14.5. The summed E-state index contributed by atoms with van der Waals surface area (Å²) in [6, 6.07) is 8.66. The summed E-state index contributed by atoms with van der Waals surface area (Å²) in [4.78, 5) is 0. The summed E-state index contributed by atoms with van der Waals surface area (Å²) in [7, 11) is 0. The van der Waals surface area contributed by atoms with Crippen LogP contribution in [0.3, 0.4) is 0 Å². The third-order valence-electron chi connectivity index (χ3n) is 2.93. The lowest BCUT2D eigenvalue weighted by molar-refractivity contribution is 0.624. The van der Waals surface area contributed by atoms with Gasteiger partial charge in [0.1, 0.15) is 5.82 Å². The topological polar surface area (TPSA) is 12.0 Å². The molecule has 20 heavy (non-hydrogen) atoms. The summed E-state index contributed by atoms with van der Waals surface area (Å²) in [6.07, 6.45) is 0. The zero-order valence-electron chi connectivity index (χ0n) is 11.0. The highest BCUT2D eigenvalue weighted by Gasteiger charge is 2.13. The van der Waals surface area contributed by atoms with Crippen molar-refractivity contribution in [1.29, 1.82) is 0 Å². The van der Waals surface area contributed by atoms with Crippen LogP contribution in [0.4, 0.5) is 10.1 Å². The van der Waals surface area contributed by atoms with Gasteiger partial charge in [0.25, 0.3) is 0 Å². The van der Waals surface area contributed by atoms with E-state index in [9.17, 15) is 4.39 Å². The van der Waals surface area contributed by atoms with Gasteiger partial charge in [0.05, 0.1) is 11.1 Å². The molecule has 0 saturated heterocycles. The first-order chi connectivity index (χ1) is 9.36. The molecule has 0 amide bonds. The Morgan fingerprint density at radius 2 is 1.80 bits per heavy atom. The van der Waals surface area contributed by atoms with Gasteiger partial charge in [0.2, 0.25) is 0 Å². The minimum atomic E-state index is -0.467. The Bertz CT molecular complexity index is 626. The molecule has 106 valence electrons. The lowest BCUT2D eigenvalue weighted by Crippen LogP contribution is -2.08. The molecule has 0 saturated carbocycles. The summed E-state index contributed by atoms with van der Waals surface area (Å²) in [5, 5.41) is 3.78. The lowest BCUT2D eigenvalue weighted by atomic mass is 10.1. The van der Waals surface area contributed by atoms with Crippen LogP contribution in [-0.4, -0.2) is 0 Å². The minimum Gasteiger partial charge on any atom is -0.378 e. The lowest BCUT2D eigenvalue weighted by Gasteiger charge is -2.18. The molecule has 0 fully saturated rings. The summed E-state index contributed by atoms with van der Waals surface area (Å²) in [6.45, 7) is 3.93. The zero-order valence-corrected chi connectivity index (χ0v) is 14.1. The van der Waals surface area contributed by atoms with Crippen LogP contribution >= 0.6 is 39.1 Å². The number of rotatable bonds is 3. The van der Waals surface area contributed by atoms with Crippen LogP contribution in [0.25, 0.3) is 0 Å². The molecule has 0 heterocycles. The SMILES string of the molecule is Cc1cc(Br)cc(NC(C)c2cc(F)c(Cl)cc2Cl)c1. The van der Waals surface area contributed by atoms with E-state index in [1.165, 1.54) is 12.1 Å². The molecular formula is C15H13BrCl2FN. The normalized spacial score (nSPS) is 12.3. The largest absolute Gasteiger partial charge is 0.378 e. The first-order valence-electron chi connectivity index (χ1n) is 6.05. The van der Waals surface area contributed by atoms with Crippen molar-refractivity contribution in [3.8, 4) is 0 Å². The van der Waals surface area contributed by atoms with E-state index >= 15 is 0 Å². The summed E-state index contributed by atoms with van der Waals surface area (Å²) in [5.74, 6) is -0.467. The van der Waals surface area contributed by atoms with Crippen LogP contribution in [-0.2, 0) is 0 Å². The first-order valence-corrected chi connectivity index (χ1v) is 7.60. The number of hydrogen-bond donors (Lipinski definition) is 1. The third-order valence-corrected chi connectivity index (χ3v) is 4.01. The molecule has 0 aromatic heterocycles. The Hall–Kier alpha value is -0.770. The van der Waals surface area contributed by atoms with Crippen molar-refractivity contribution in [2.75, 3.05) is 5.32 Å². The zero-order chi connectivity index (χ0) is 14.9. The van der Waals surface area contributed by atoms with Gasteiger partial charge in [-0.15, -0.1) is 0 Å². The van der Waals surface area contributed by atoms with Crippen LogP contribution in [0.15, 0.2) is 34.8 Å². The van der Waals surface area contributed by atoms with E-state index in [0.717, 1.165) is 15.7 Å². The van der Waals surface area contributed by atoms with Crippen LogP contribution in [0.5, 0.6) is 0 Å². The number of hydrogen-bond acceptors (Lipinski definition) is 1. The smallest absolute Gasteiger partial charge is 0.142 e. The molecule has 0 radical (unpaired) electrons. The van der Waals surface area contributed by atoms with Crippen molar-refractivity contribution in [2.45, 2.75) is 19.9 Å². The van der Waals surface area contributed by atoms with E-state index < -0.39 is 5.82 Å². The van der Waals surface area contributed by atoms with Gasteiger partial charge in [0.15, 0.2) is 0 Å². The van der Waals surface area contributed by atoms with Gasteiger partial charge < -0.3 is 5.32 Å². The molecule has 0 aliphatic heterocycles. The predicted octanol–water partition coefficient (Wildman–Crippen LogP) is 6.38. The second-order valence-electron chi connectivity index (χ2n) is 4.67. The van der Waals surface area contributed by atoms with Crippen LogP contribution in [0, 0.1) is 12.7 Å².